The lowest BCUT2D eigenvalue weighted by Gasteiger charge is -2.19. The van der Waals surface area contributed by atoms with Gasteiger partial charge in [0.2, 0.25) is 5.91 Å². The molecule has 1 aliphatic heterocycles. The molecular formula is C22H27N5O2. The molecule has 0 unspecified atom stereocenters. The van der Waals surface area contributed by atoms with E-state index in [0.717, 1.165) is 17.7 Å². The van der Waals surface area contributed by atoms with Gasteiger partial charge in [0.05, 0.1) is 6.54 Å². The van der Waals surface area contributed by atoms with E-state index < -0.39 is 0 Å². The van der Waals surface area contributed by atoms with Crippen LogP contribution in [0, 0.1) is 0 Å². The molecule has 2 aromatic rings. The van der Waals surface area contributed by atoms with E-state index in [9.17, 15) is 9.59 Å². The zero-order valence-corrected chi connectivity index (χ0v) is 17.1. The lowest BCUT2D eigenvalue weighted by molar-refractivity contribution is -0.117. The Kier molecular flexibility index (Phi) is 6.49. The molecule has 0 saturated heterocycles. The van der Waals surface area contributed by atoms with Crippen molar-refractivity contribution in [1.29, 1.82) is 0 Å². The van der Waals surface area contributed by atoms with E-state index in [1.54, 1.807) is 26.0 Å². The fraction of sp³-hybridized carbons (Fsp3) is 0.318. The summed E-state index contributed by atoms with van der Waals surface area (Å²) in [5, 5.41) is 6.27. The average Bonchev–Trinajstić information content (AvgIpc) is 3.17. The number of benzene rings is 2. The smallest absolute Gasteiger partial charge is 0.253 e. The highest BCUT2D eigenvalue weighted by Gasteiger charge is 2.23. The minimum atomic E-state index is -0.0241. The predicted octanol–water partition coefficient (Wildman–Crippen LogP) is 1.64. The summed E-state index contributed by atoms with van der Waals surface area (Å²) in [7, 11) is 5.13. The number of para-hydroxylation sites is 1. The van der Waals surface area contributed by atoms with Gasteiger partial charge < -0.3 is 20.4 Å². The number of carbonyl (C=O) groups excluding carboxylic acids is 2. The lowest BCUT2D eigenvalue weighted by atomic mass is 10.1. The van der Waals surface area contributed by atoms with Gasteiger partial charge in [0, 0.05) is 45.5 Å². The second-order valence-corrected chi connectivity index (χ2v) is 7.10. The van der Waals surface area contributed by atoms with Crippen molar-refractivity contribution in [3.8, 4) is 0 Å². The SMILES string of the molecule is CN=C(NCC(=O)N1CCc2ccccc21)NCc1ccc(C(=O)N(C)C)cc1. The van der Waals surface area contributed by atoms with Gasteiger partial charge in [0.15, 0.2) is 5.96 Å². The number of aliphatic imine (C=N–C) groups is 1. The van der Waals surface area contributed by atoms with Crippen molar-refractivity contribution >= 4 is 23.5 Å². The number of nitrogens with zero attached hydrogens (tertiary/aromatic N) is 3. The molecule has 0 aromatic heterocycles. The highest BCUT2D eigenvalue weighted by molar-refractivity contribution is 5.98. The molecule has 1 heterocycles. The van der Waals surface area contributed by atoms with Crippen molar-refractivity contribution in [3.63, 3.8) is 0 Å². The van der Waals surface area contributed by atoms with Crippen LogP contribution in [-0.2, 0) is 17.8 Å². The number of fused-ring (bicyclic) bond motifs is 1. The Balaban J connectivity index is 1.50. The third-order valence-corrected chi connectivity index (χ3v) is 4.89. The van der Waals surface area contributed by atoms with Gasteiger partial charge in [0.25, 0.3) is 5.91 Å². The molecule has 0 fully saturated rings. The number of guanidine groups is 1. The highest BCUT2D eigenvalue weighted by atomic mass is 16.2. The maximum absolute atomic E-state index is 12.6. The van der Waals surface area contributed by atoms with Crippen LogP contribution in [0.25, 0.3) is 0 Å². The average molecular weight is 393 g/mol. The maximum atomic E-state index is 12.6. The Morgan fingerprint density at radius 2 is 1.79 bits per heavy atom. The molecule has 29 heavy (non-hydrogen) atoms. The summed E-state index contributed by atoms with van der Waals surface area (Å²) in [6, 6.07) is 15.4. The minimum absolute atomic E-state index is 0.0180. The number of nitrogens with one attached hydrogen (secondary N) is 2. The van der Waals surface area contributed by atoms with Crippen molar-refractivity contribution in [2.45, 2.75) is 13.0 Å². The summed E-state index contributed by atoms with van der Waals surface area (Å²) in [5.41, 5.74) is 3.87. The second kappa shape index (κ2) is 9.23. The van der Waals surface area contributed by atoms with E-state index in [4.69, 9.17) is 0 Å². The summed E-state index contributed by atoms with van der Waals surface area (Å²) in [6.07, 6.45) is 0.890. The third-order valence-electron chi connectivity index (χ3n) is 4.89. The van der Waals surface area contributed by atoms with Gasteiger partial charge in [-0.1, -0.05) is 30.3 Å². The van der Waals surface area contributed by atoms with Crippen LogP contribution in [0.4, 0.5) is 5.69 Å². The Hall–Kier alpha value is -3.35. The largest absolute Gasteiger partial charge is 0.352 e. The molecule has 0 saturated carbocycles. The zero-order valence-electron chi connectivity index (χ0n) is 17.1. The molecule has 0 radical (unpaired) electrons. The first-order valence-corrected chi connectivity index (χ1v) is 9.63. The van der Waals surface area contributed by atoms with E-state index in [1.165, 1.54) is 5.56 Å². The van der Waals surface area contributed by atoms with Gasteiger partial charge in [-0.25, -0.2) is 0 Å². The van der Waals surface area contributed by atoms with Gasteiger partial charge in [-0.15, -0.1) is 0 Å². The first-order valence-electron chi connectivity index (χ1n) is 9.63. The molecule has 7 heteroatoms. The van der Waals surface area contributed by atoms with Crippen molar-refractivity contribution in [2.24, 2.45) is 4.99 Å². The second-order valence-electron chi connectivity index (χ2n) is 7.10. The maximum Gasteiger partial charge on any atom is 0.253 e. The summed E-state index contributed by atoms with van der Waals surface area (Å²) < 4.78 is 0. The molecule has 2 amide bonds. The van der Waals surface area contributed by atoms with Crippen LogP contribution >= 0.6 is 0 Å². The number of hydrogen-bond donors (Lipinski definition) is 2. The highest BCUT2D eigenvalue weighted by Crippen LogP contribution is 2.27. The van der Waals surface area contributed by atoms with Gasteiger partial charge in [-0.2, -0.15) is 0 Å². The van der Waals surface area contributed by atoms with E-state index in [-0.39, 0.29) is 18.4 Å². The van der Waals surface area contributed by atoms with Gasteiger partial charge >= 0.3 is 0 Å². The van der Waals surface area contributed by atoms with Crippen LogP contribution in [0.1, 0.15) is 21.5 Å². The number of hydrogen-bond acceptors (Lipinski definition) is 3. The quantitative estimate of drug-likeness (QED) is 0.598. The first-order chi connectivity index (χ1) is 14.0. The Morgan fingerprint density at radius 3 is 2.48 bits per heavy atom. The van der Waals surface area contributed by atoms with Crippen LogP contribution in [0.15, 0.2) is 53.5 Å². The number of amides is 2. The summed E-state index contributed by atoms with van der Waals surface area (Å²) in [4.78, 5) is 32.1. The van der Waals surface area contributed by atoms with Crippen LogP contribution < -0.4 is 15.5 Å². The molecule has 2 aromatic carbocycles. The topological polar surface area (TPSA) is 77.0 Å². The van der Waals surface area contributed by atoms with Crippen molar-refractivity contribution in [3.05, 3.63) is 65.2 Å². The Morgan fingerprint density at radius 1 is 1.07 bits per heavy atom. The Bertz CT molecular complexity index is 906. The van der Waals surface area contributed by atoms with Crippen molar-refractivity contribution in [1.82, 2.24) is 15.5 Å². The fourth-order valence-electron chi connectivity index (χ4n) is 3.28. The molecule has 3 rings (SSSR count). The Labute approximate surface area is 171 Å². The molecule has 1 aliphatic rings. The molecule has 0 aliphatic carbocycles. The van der Waals surface area contributed by atoms with Gasteiger partial charge in [-0.05, 0) is 35.7 Å². The van der Waals surface area contributed by atoms with Crippen LogP contribution in [0.3, 0.4) is 0 Å². The minimum Gasteiger partial charge on any atom is -0.352 e. The zero-order chi connectivity index (χ0) is 20.8. The summed E-state index contributed by atoms with van der Waals surface area (Å²) >= 11 is 0. The number of carbonyl (C=O) groups is 2. The van der Waals surface area contributed by atoms with Crippen molar-refractivity contribution < 1.29 is 9.59 Å². The van der Waals surface area contributed by atoms with E-state index >= 15 is 0 Å². The van der Waals surface area contributed by atoms with E-state index in [2.05, 4.69) is 21.7 Å². The monoisotopic (exact) mass is 393 g/mol. The summed E-state index contributed by atoms with van der Waals surface area (Å²) in [5.74, 6) is 0.549. The van der Waals surface area contributed by atoms with Crippen LogP contribution in [0.2, 0.25) is 0 Å². The molecule has 0 bridgehead atoms. The summed E-state index contributed by atoms with van der Waals surface area (Å²) in [6.45, 7) is 1.42. The van der Waals surface area contributed by atoms with Gasteiger partial charge in [-0.3, -0.25) is 14.6 Å². The predicted molar refractivity (Wildman–Crippen MR) is 115 cm³/mol. The van der Waals surface area contributed by atoms with Crippen molar-refractivity contribution in [2.75, 3.05) is 39.1 Å². The van der Waals surface area contributed by atoms with Crippen LogP contribution in [0.5, 0.6) is 0 Å². The fourth-order valence-corrected chi connectivity index (χ4v) is 3.28. The number of anilines is 1. The molecular weight excluding hydrogens is 366 g/mol. The van der Waals surface area contributed by atoms with Gasteiger partial charge in [0.1, 0.15) is 0 Å². The first kappa shape index (κ1) is 20.4. The molecule has 0 spiro atoms. The lowest BCUT2D eigenvalue weighted by Crippen LogP contribution is -2.44. The molecule has 7 nitrogen and oxygen atoms in total. The molecule has 152 valence electrons. The van der Waals surface area contributed by atoms with Crippen LogP contribution in [-0.4, -0.2) is 56.9 Å². The normalized spacial score (nSPS) is 13.1. The van der Waals surface area contributed by atoms with E-state index in [0.29, 0.717) is 24.6 Å². The third kappa shape index (κ3) is 4.93. The number of rotatable bonds is 5. The standard InChI is InChI=1S/C22H27N5O2/c1-23-22(24-14-16-8-10-18(11-9-16)21(29)26(2)3)25-15-20(28)27-13-12-17-6-4-5-7-19(17)27/h4-11H,12-15H2,1-3H3,(H2,23,24,25). The molecule has 2 N–H and O–H groups in total. The van der Waals surface area contributed by atoms with E-state index in [1.807, 2.05) is 47.4 Å². The molecule has 0 atom stereocenters.